The smallest absolute Gasteiger partial charge is 0.128 e. The van der Waals surface area contributed by atoms with E-state index in [-0.39, 0.29) is 11.0 Å². The fourth-order valence-corrected chi connectivity index (χ4v) is 2.09. The average Bonchev–Trinajstić information content (AvgIpc) is 2.34. The van der Waals surface area contributed by atoms with Gasteiger partial charge in [0.1, 0.15) is 5.82 Å². The number of rotatable bonds is 4. The number of aromatic nitrogens is 1. The summed E-state index contributed by atoms with van der Waals surface area (Å²) >= 11 is 6.28. The third kappa shape index (κ3) is 5.48. The van der Waals surface area contributed by atoms with Crippen molar-refractivity contribution in [1.29, 1.82) is 0 Å². The Morgan fingerprint density at radius 2 is 1.76 bits per heavy atom. The highest BCUT2D eigenvalue weighted by atomic mass is 35.5. The Morgan fingerprint density at radius 1 is 1.19 bits per heavy atom. The van der Waals surface area contributed by atoms with Gasteiger partial charge in [-0.1, -0.05) is 32.4 Å². The third-order valence-corrected chi connectivity index (χ3v) is 4.23. The normalized spacial score (nSPS) is 14.1. The van der Waals surface area contributed by atoms with E-state index in [0.717, 1.165) is 11.5 Å². The molecule has 1 aromatic rings. The van der Waals surface area contributed by atoms with Crippen LogP contribution in [0.2, 0.25) is 5.02 Å². The molecule has 0 saturated heterocycles. The largest absolute Gasteiger partial charge is 0.356 e. The maximum absolute atomic E-state index is 6.28. The van der Waals surface area contributed by atoms with Crippen LogP contribution < -0.4 is 10.2 Å². The van der Waals surface area contributed by atoms with Crippen LogP contribution in [-0.4, -0.2) is 23.6 Å². The molecule has 1 atom stereocenters. The summed E-state index contributed by atoms with van der Waals surface area (Å²) in [6.45, 7) is 16.0. The second-order valence-electron chi connectivity index (χ2n) is 7.85. The molecule has 4 heteroatoms. The molecule has 0 aliphatic heterocycles. The number of hydrogen-bond acceptors (Lipinski definition) is 3. The predicted molar refractivity (Wildman–Crippen MR) is 93.2 cm³/mol. The molecule has 0 radical (unpaired) electrons. The van der Waals surface area contributed by atoms with Crippen LogP contribution in [0.15, 0.2) is 12.1 Å². The summed E-state index contributed by atoms with van der Waals surface area (Å²) in [4.78, 5) is 6.96. The van der Waals surface area contributed by atoms with Crippen molar-refractivity contribution >= 4 is 17.4 Å². The van der Waals surface area contributed by atoms with Crippen LogP contribution in [0.3, 0.4) is 0 Å². The Labute approximate surface area is 135 Å². The molecule has 0 aliphatic carbocycles. The maximum atomic E-state index is 6.28. The molecule has 0 saturated carbocycles. The lowest BCUT2D eigenvalue weighted by Gasteiger charge is -2.36. The molecule has 0 bridgehead atoms. The number of anilines is 1. The first-order chi connectivity index (χ1) is 9.42. The van der Waals surface area contributed by atoms with E-state index in [1.54, 1.807) is 0 Å². The third-order valence-electron chi connectivity index (χ3n) is 3.89. The number of nitrogens with one attached hydrogen (secondary N) is 1. The zero-order valence-corrected chi connectivity index (χ0v) is 15.5. The van der Waals surface area contributed by atoms with Crippen molar-refractivity contribution in [3.63, 3.8) is 0 Å². The quantitative estimate of drug-likeness (QED) is 0.887. The molecule has 0 aromatic carbocycles. The fraction of sp³-hybridized carbons (Fsp3) is 0.706. The SMILES string of the molecule is CC(N(C)c1ccc(Cl)c(CNC(C)(C)C)n1)C(C)(C)C. The van der Waals surface area contributed by atoms with Crippen molar-refractivity contribution < 1.29 is 0 Å². The molecule has 1 heterocycles. The van der Waals surface area contributed by atoms with Gasteiger partial charge in [0, 0.05) is 25.2 Å². The predicted octanol–water partition coefficient (Wildman–Crippen LogP) is 4.49. The molecule has 120 valence electrons. The van der Waals surface area contributed by atoms with Gasteiger partial charge in [0.05, 0.1) is 10.7 Å². The van der Waals surface area contributed by atoms with Gasteiger partial charge < -0.3 is 10.2 Å². The number of pyridine rings is 1. The van der Waals surface area contributed by atoms with Crippen molar-refractivity contribution in [2.75, 3.05) is 11.9 Å². The van der Waals surface area contributed by atoms with Gasteiger partial charge in [0.15, 0.2) is 0 Å². The molecule has 3 nitrogen and oxygen atoms in total. The molecule has 0 fully saturated rings. The second-order valence-corrected chi connectivity index (χ2v) is 8.26. The molecular weight excluding hydrogens is 282 g/mol. The number of halogens is 1. The van der Waals surface area contributed by atoms with E-state index < -0.39 is 0 Å². The van der Waals surface area contributed by atoms with E-state index in [9.17, 15) is 0 Å². The first-order valence-corrected chi connectivity index (χ1v) is 7.93. The van der Waals surface area contributed by atoms with Gasteiger partial charge in [0.25, 0.3) is 0 Å². The van der Waals surface area contributed by atoms with Crippen LogP contribution in [-0.2, 0) is 6.54 Å². The van der Waals surface area contributed by atoms with Gasteiger partial charge in [-0.3, -0.25) is 0 Å². The standard InChI is InChI=1S/C17H30ClN3/c1-12(16(2,3)4)21(8)15-10-9-13(18)14(20-15)11-19-17(5,6)7/h9-10,12,19H,11H2,1-8H3. The monoisotopic (exact) mass is 311 g/mol. The first-order valence-electron chi connectivity index (χ1n) is 7.55. The molecule has 1 unspecified atom stereocenters. The van der Waals surface area contributed by atoms with Crippen LogP contribution in [0.4, 0.5) is 5.82 Å². The number of hydrogen-bond donors (Lipinski definition) is 1. The molecule has 1 aromatic heterocycles. The highest BCUT2D eigenvalue weighted by Gasteiger charge is 2.25. The zero-order valence-electron chi connectivity index (χ0n) is 14.7. The summed E-state index contributed by atoms with van der Waals surface area (Å²) in [5.74, 6) is 0.965. The van der Waals surface area contributed by atoms with E-state index in [1.165, 1.54) is 0 Å². The van der Waals surface area contributed by atoms with Gasteiger partial charge in [-0.2, -0.15) is 0 Å². The van der Waals surface area contributed by atoms with E-state index in [1.807, 2.05) is 12.1 Å². The Balaban J connectivity index is 2.96. The molecule has 1 rings (SSSR count). The molecule has 1 N–H and O–H groups in total. The van der Waals surface area contributed by atoms with Crippen molar-refractivity contribution in [3.8, 4) is 0 Å². The van der Waals surface area contributed by atoms with Gasteiger partial charge in [-0.15, -0.1) is 0 Å². The summed E-state index contributed by atoms with van der Waals surface area (Å²) in [6.07, 6.45) is 0. The highest BCUT2D eigenvalue weighted by molar-refractivity contribution is 6.31. The van der Waals surface area contributed by atoms with Crippen molar-refractivity contribution in [2.24, 2.45) is 5.41 Å². The van der Waals surface area contributed by atoms with E-state index >= 15 is 0 Å². The molecule has 0 spiro atoms. The van der Waals surface area contributed by atoms with Crippen LogP contribution in [0, 0.1) is 5.41 Å². The summed E-state index contributed by atoms with van der Waals surface area (Å²) in [7, 11) is 2.09. The topological polar surface area (TPSA) is 28.2 Å². The van der Waals surface area contributed by atoms with Crippen molar-refractivity contribution in [1.82, 2.24) is 10.3 Å². The van der Waals surface area contributed by atoms with E-state index in [2.05, 4.69) is 65.7 Å². The van der Waals surface area contributed by atoms with Gasteiger partial charge >= 0.3 is 0 Å². The lowest BCUT2D eigenvalue weighted by atomic mass is 9.87. The molecular formula is C17H30ClN3. The highest BCUT2D eigenvalue weighted by Crippen LogP contribution is 2.27. The van der Waals surface area contributed by atoms with Crippen LogP contribution in [0.5, 0.6) is 0 Å². The van der Waals surface area contributed by atoms with Crippen LogP contribution in [0.25, 0.3) is 0 Å². The Kier molecular flexibility index (Phi) is 5.68. The van der Waals surface area contributed by atoms with Crippen molar-refractivity contribution in [3.05, 3.63) is 22.8 Å². The average molecular weight is 312 g/mol. The summed E-state index contributed by atoms with van der Waals surface area (Å²) in [5.41, 5.74) is 1.14. The minimum absolute atomic E-state index is 0.0472. The second kappa shape index (κ2) is 6.53. The van der Waals surface area contributed by atoms with Gasteiger partial charge in [-0.25, -0.2) is 4.98 Å². The first kappa shape index (κ1) is 18.2. The summed E-state index contributed by atoms with van der Waals surface area (Å²) < 4.78 is 0. The Morgan fingerprint density at radius 3 is 2.24 bits per heavy atom. The van der Waals surface area contributed by atoms with E-state index in [4.69, 9.17) is 16.6 Å². The lowest BCUT2D eigenvalue weighted by Crippen LogP contribution is -2.40. The summed E-state index contributed by atoms with van der Waals surface area (Å²) in [5, 5.41) is 4.15. The van der Waals surface area contributed by atoms with Gasteiger partial charge in [-0.05, 0) is 45.2 Å². The number of nitrogens with zero attached hydrogens (tertiary/aromatic N) is 2. The molecule has 21 heavy (non-hydrogen) atoms. The Bertz CT molecular complexity index is 472. The minimum Gasteiger partial charge on any atom is -0.356 e. The maximum Gasteiger partial charge on any atom is 0.128 e. The molecule has 0 aliphatic rings. The molecule has 0 amide bonds. The Hall–Kier alpha value is -0.800. The van der Waals surface area contributed by atoms with Gasteiger partial charge in [0.2, 0.25) is 0 Å². The minimum atomic E-state index is 0.0472. The van der Waals surface area contributed by atoms with Crippen LogP contribution in [0.1, 0.15) is 54.2 Å². The zero-order chi connectivity index (χ0) is 16.4. The summed E-state index contributed by atoms with van der Waals surface area (Å²) in [6, 6.07) is 4.32. The van der Waals surface area contributed by atoms with Crippen molar-refractivity contribution in [2.45, 2.75) is 66.6 Å². The fourth-order valence-electron chi connectivity index (χ4n) is 1.92. The van der Waals surface area contributed by atoms with Crippen LogP contribution >= 0.6 is 11.6 Å². The lowest BCUT2D eigenvalue weighted by molar-refractivity contribution is 0.328. The van der Waals surface area contributed by atoms with E-state index in [0.29, 0.717) is 17.6 Å².